The van der Waals surface area contributed by atoms with Crippen LogP contribution < -0.4 is 4.90 Å². The van der Waals surface area contributed by atoms with Crippen LogP contribution in [0, 0.1) is 0 Å². The Bertz CT molecular complexity index is 883. The van der Waals surface area contributed by atoms with Gasteiger partial charge in [0.15, 0.2) is 11.6 Å². The van der Waals surface area contributed by atoms with Crippen molar-refractivity contribution in [2.45, 2.75) is 32.7 Å². The number of fused-ring (bicyclic) bond motifs is 1. The molecule has 0 fully saturated rings. The second-order valence-corrected chi connectivity index (χ2v) is 6.09. The van der Waals surface area contributed by atoms with Crippen molar-refractivity contribution in [1.29, 1.82) is 0 Å². The molecular formula is C19H20N4O2. The number of benzene rings is 1. The Morgan fingerprint density at radius 3 is 2.88 bits per heavy atom. The molecule has 1 aliphatic rings. The van der Waals surface area contributed by atoms with E-state index in [4.69, 9.17) is 4.42 Å². The lowest BCUT2D eigenvalue weighted by Crippen LogP contribution is -2.29. The smallest absolute Gasteiger partial charge is 0.227 e. The first-order valence-electron chi connectivity index (χ1n) is 8.62. The number of aromatic nitrogens is 3. The first-order chi connectivity index (χ1) is 12.3. The molecule has 25 heavy (non-hydrogen) atoms. The summed E-state index contributed by atoms with van der Waals surface area (Å²) >= 11 is 0. The number of hydrogen-bond donors (Lipinski definition) is 0. The van der Waals surface area contributed by atoms with Gasteiger partial charge in [-0.05, 0) is 37.1 Å². The number of hydrogen-bond acceptors (Lipinski definition) is 4. The Morgan fingerprint density at radius 2 is 2.08 bits per heavy atom. The van der Waals surface area contributed by atoms with Gasteiger partial charge >= 0.3 is 0 Å². The van der Waals surface area contributed by atoms with Crippen molar-refractivity contribution >= 4 is 11.6 Å². The van der Waals surface area contributed by atoms with Crippen molar-refractivity contribution in [2.24, 2.45) is 0 Å². The molecule has 0 atom stereocenters. The number of anilines is 1. The Kier molecular flexibility index (Phi) is 4.09. The van der Waals surface area contributed by atoms with Crippen LogP contribution in [0.3, 0.4) is 0 Å². The van der Waals surface area contributed by atoms with Crippen molar-refractivity contribution in [2.75, 3.05) is 11.4 Å². The van der Waals surface area contributed by atoms with Crippen LogP contribution in [0.5, 0.6) is 0 Å². The highest BCUT2D eigenvalue weighted by molar-refractivity contribution is 5.95. The predicted octanol–water partition coefficient (Wildman–Crippen LogP) is 3.08. The Morgan fingerprint density at radius 1 is 1.20 bits per heavy atom. The van der Waals surface area contributed by atoms with E-state index in [9.17, 15) is 4.79 Å². The maximum Gasteiger partial charge on any atom is 0.227 e. The molecule has 4 rings (SSSR count). The van der Waals surface area contributed by atoms with Gasteiger partial charge in [-0.1, -0.05) is 18.2 Å². The number of rotatable bonds is 5. The molecule has 128 valence electrons. The fourth-order valence-corrected chi connectivity index (χ4v) is 3.39. The van der Waals surface area contributed by atoms with Gasteiger partial charge in [-0.2, -0.15) is 0 Å². The van der Waals surface area contributed by atoms with Gasteiger partial charge in [0.2, 0.25) is 5.91 Å². The third kappa shape index (κ3) is 2.84. The number of aryl methyl sites for hydroxylation is 1. The highest BCUT2D eigenvalue weighted by Crippen LogP contribution is 2.28. The van der Waals surface area contributed by atoms with Crippen molar-refractivity contribution in [3.05, 3.63) is 54.0 Å². The Balaban J connectivity index is 1.48. The van der Waals surface area contributed by atoms with Crippen LogP contribution in [0.1, 0.15) is 24.7 Å². The summed E-state index contributed by atoms with van der Waals surface area (Å²) in [7, 11) is 0. The lowest BCUT2D eigenvalue weighted by Gasteiger charge is -2.17. The molecule has 0 aliphatic carbocycles. The largest absolute Gasteiger partial charge is 0.461 e. The minimum atomic E-state index is 0.134. The fourth-order valence-electron chi connectivity index (χ4n) is 3.39. The minimum absolute atomic E-state index is 0.134. The SMILES string of the molecule is CCn1c(CCC(=O)N2CCc3ccccc32)nnc1-c1ccco1. The molecule has 0 saturated carbocycles. The van der Waals surface area contributed by atoms with Crippen molar-refractivity contribution in [1.82, 2.24) is 14.8 Å². The maximum atomic E-state index is 12.7. The number of para-hydroxylation sites is 1. The average Bonchev–Trinajstić information content (AvgIpc) is 3.37. The molecule has 6 nitrogen and oxygen atoms in total. The first-order valence-corrected chi connectivity index (χ1v) is 8.62. The van der Waals surface area contributed by atoms with Crippen LogP contribution in [0.25, 0.3) is 11.6 Å². The van der Waals surface area contributed by atoms with E-state index >= 15 is 0 Å². The number of amides is 1. The molecule has 0 spiro atoms. The first kappa shape index (κ1) is 15.6. The quantitative estimate of drug-likeness (QED) is 0.718. The summed E-state index contributed by atoms with van der Waals surface area (Å²) in [5, 5.41) is 8.50. The molecule has 6 heteroatoms. The molecule has 0 radical (unpaired) electrons. The van der Waals surface area contributed by atoms with Gasteiger partial charge in [0, 0.05) is 31.6 Å². The molecule has 1 amide bonds. The summed E-state index contributed by atoms with van der Waals surface area (Å²) in [5.41, 5.74) is 2.29. The van der Waals surface area contributed by atoms with Gasteiger partial charge in [0.05, 0.1) is 6.26 Å². The van der Waals surface area contributed by atoms with Crippen LogP contribution in [0.2, 0.25) is 0 Å². The van der Waals surface area contributed by atoms with Crippen molar-refractivity contribution in [3.8, 4) is 11.6 Å². The zero-order valence-electron chi connectivity index (χ0n) is 14.2. The summed E-state index contributed by atoms with van der Waals surface area (Å²) in [6.07, 6.45) is 3.54. The Hall–Kier alpha value is -2.89. The normalized spacial score (nSPS) is 13.2. The molecular weight excluding hydrogens is 316 g/mol. The van der Waals surface area contributed by atoms with Crippen molar-refractivity contribution in [3.63, 3.8) is 0 Å². The Labute approximate surface area is 146 Å². The molecule has 0 bridgehead atoms. The molecule has 3 aromatic rings. The molecule has 0 N–H and O–H groups in total. The summed E-state index contributed by atoms with van der Waals surface area (Å²) in [6, 6.07) is 11.8. The van der Waals surface area contributed by atoms with Crippen molar-refractivity contribution < 1.29 is 9.21 Å². The third-order valence-electron chi connectivity index (χ3n) is 4.64. The van der Waals surface area contributed by atoms with Gasteiger partial charge in [-0.25, -0.2) is 0 Å². The van der Waals surface area contributed by atoms with Gasteiger partial charge in [0.25, 0.3) is 0 Å². The zero-order valence-corrected chi connectivity index (χ0v) is 14.2. The lowest BCUT2D eigenvalue weighted by atomic mass is 10.2. The van der Waals surface area contributed by atoms with Crippen LogP contribution in [0.4, 0.5) is 5.69 Å². The summed E-state index contributed by atoms with van der Waals surface area (Å²) < 4.78 is 7.43. The van der Waals surface area contributed by atoms with Crippen LogP contribution in [-0.2, 0) is 24.2 Å². The third-order valence-corrected chi connectivity index (χ3v) is 4.64. The second-order valence-electron chi connectivity index (χ2n) is 6.09. The summed E-state index contributed by atoms with van der Waals surface area (Å²) in [5.74, 6) is 2.35. The standard InChI is InChI=1S/C19H20N4O2/c1-2-22-17(20-21-19(22)16-8-5-13-25-16)9-10-18(24)23-12-11-14-6-3-4-7-15(14)23/h3-8,13H,2,9-12H2,1H3. The predicted molar refractivity (Wildman–Crippen MR) is 94.2 cm³/mol. The zero-order chi connectivity index (χ0) is 17.2. The van der Waals surface area contributed by atoms with E-state index in [1.807, 2.05) is 46.7 Å². The molecule has 2 aromatic heterocycles. The number of carbonyl (C=O) groups is 1. The van der Waals surface area contributed by atoms with Crippen LogP contribution in [0.15, 0.2) is 47.1 Å². The molecule has 1 aromatic carbocycles. The van der Waals surface area contributed by atoms with E-state index < -0.39 is 0 Å². The monoisotopic (exact) mass is 336 g/mol. The fraction of sp³-hybridized carbons (Fsp3) is 0.316. The number of carbonyl (C=O) groups excluding carboxylic acids is 1. The topological polar surface area (TPSA) is 64.2 Å². The summed E-state index contributed by atoms with van der Waals surface area (Å²) in [4.78, 5) is 14.6. The summed E-state index contributed by atoms with van der Waals surface area (Å²) in [6.45, 7) is 3.53. The molecule has 0 saturated heterocycles. The average molecular weight is 336 g/mol. The molecule has 3 heterocycles. The van der Waals surface area contributed by atoms with E-state index in [2.05, 4.69) is 16.3 Å². The van der Waals surface area contributed by atoms with E-state index in [-0.39, 0.29) is 5.91 Å². The number of nitrogens with zero attached hydrogens (tertiary/aromatic N) is 4. The lowest BCUT2D eigenvalue weighted by molar-refractivity contribution is -0.118. The highest BCUT2D eigenvalue weighted by atomic mass is 16.3. The molecule has 0 unspecified atom stereocenters. The highest BCUT2D eigenvalue weighted by Gasteiger charge is 2.24. The second kappa shape index (κ2) is 6.55. The van der Waals surface area contributed by atoms with E-state index in [0.29, 0.717) is 24.4 Å². The van der Waals surface area contributed by atoms with Gasteiger partial charge in [-0.15, -0.1) is 10.2 Å². The van der Waals surface area contributed by atoms with Crippen LogP contribution in [-0.4, -0.2) is 27.2 Å². The maximum absolute atomic E-state index is 12.7. The van der Waals surface area contributed by atoms with E-state index in [1.165, 1.54) is 5.56 Å². The minimum Gasteiger partial charge on any atom is -0.461 e. The van der Waals surface area contributed by atoms with Gasteiger partial charge < -0.3 is 13.9 Å². The van der Waals surface area contributed by atoms with E-state index in [1.54, 1.807) is 6.26 Å². The van der Waals surface area contributed by atoms with Crippen LogP contribution >= 0.6 is 0 Å². The number of furan rings is 1. The van der Waals surface area contributed by atoms with Gasteiger partial charge in [-0.3, -0.25) is 4.79 Å². The molecule has 1 aliphatic heterocycles. The van der Waals surface area contributed by atoms with E-state index in [0.717, 1.165) is 31.0 Å². The van der Waals surface area contributed by atoms with Gasteiger partial charge in [0.1, 0.15) is 5.82 Å².